The highest BCUT2D eigenvalue weighted by molar-refractivity contribution is 5.94. The number of rotatable bonds is 1. The quantitative estimate of drug-likeness (QED) is 0.845. The Kier molecular flexibility index (Phi) is 9.81. The van der Waals surface area contributed by atoms with Crippen molar-refractivity contribution in [3.05, 3.63) is 35.9 Å². The zero-order valence-electron chi connectivity index (χ0n) is 12.9. The predicted molar refractivity (Wildman–Crippen MR) is 82.5 cm³/mol. The van der Waals surface area contributed by atoms with Crippen LogP contribution in [0.4, 0.5) is 0 Å². The minimum absolute atomic E-state index is 0.143. The molecule has 1 aromatic rings. The molecule has 1 amide bonds. The highest BCUT2D eigenvalue weighted by atomic mass is 16.2. The lowest BCUT2D eigenvalue weighted by atomic mass is 10.1. The number of nitrogens with zero attached hydrogens (tertiary/aromatic N) is 1. The fourth-order valence-corrected chi connectivity index (χ4v) is 1.88. The van der Waals surface area contributed by atoms with Gasteiger partial charge in [-0.25, -0.2) is 0 Å². The molecule has 1 aromatic carbocycles. The average molecular weight is 264 g/mol. The van der Waals surface area contributed by atoms with Gasteiger partial charge < -0.3 is 10.2 Å². The Morgan fingerprint density at radius 3 is 2.26 bits per heavy atom. The molecule has 0 saturated carbocycles. The number of hydrogen-bond donors (Lipinski definition) is 1. The topological polar surface area (TPSA) is 32.3 Å². The Labute approximate surface area is 118 Å². The monoisotopic (exact) mass is 264 g/mol. The molecule has 3 nitrogen and oxygen atoms in total. The minimum Gasteiger partial charge on any atom is -0.336 e. The van der Waals surface area contributed by atoms with Gasteiger partial charge in [0.1, 0.15) is 0 Å². The smallest absolute Gasteiger partial charge is 0.253 e. The van der Waals surface area contributed by atoms with Crippen molar-refractivity contribution in [2.45, 2.75) is 40.7 Å². The summed E-state index contributed by atoms with van der Waals surface area (Å²) >= 11 is 0. The molecule has 1 heterocycles. The second-order valence-electron chi connectivity index (χ2n) is 3.97. The summed E-state index contributed by atoms with van der Waals surface area (Å²) in [5, 5.41) is 3.32. The van der Waals surface area contributed by atoms with E-state index in [1.165, 1.54) is 0 Å². The van der Waals surface area contributed by atoms with Gasteiger partial charge in [-0.15, -0.1) is 0 Å². The zero-order chi connectivity index (χ0) is 14.7. The predicted octanol–water partition coefficient (Wildman–Crippen LogP) is 3.17. The Bertz CT molecular complexity index is 338. The van der Waals surface area contributed by atoms with E-state index in [0.717, 1.165) is 25.2 Å². The summed E-state index contributed by atoms with van der Waals surface area (Å²) in [6, 6.07) is 9.87. The summed E-state index contributed by atoms with van der Waals surface area (Å²) in [4.78, 5) is 14.0. The van der Waals surface area contributed by atoms with Crippen molar-refractivity contribution in [2.24, 2.45) is 0 Å². The van der Waals surface area contributed by atoms with Crippen LogP contribution < -0.4 is 5.32 Å². The molecule has 1 fully saturated rings. The largest absolute Gasteiger partial charge is 0.336 e. The Balaban J connectivity index is 0.000000741. The van der Waals surface area contributed by atoms with Crippen molar-refractivity contribution in [3.63, 3.8) is 0 Å². The molecule has 1 atom stereocenters. The molecule has 1 N–H and O–H groups in total. The number of carbonyl (C=O) groups is 1. The van der Waals surface area contributed by atoms with Gasteiger partial charge in [0, 0.05) is 31.2 Å². The zero-order valence-corrected chi connectivity index (χ0v) is 12.9. The highest BCUT2D eigenvalue weighted by Crippen LogP contribution is 2.07. The maximum absolute atomic E-state index is 12.0. The third-order valence-electron chi connectivity index (χ3n) is 2.68. The summed E-state index contributed by atoms with van der Waals surface area (Å²) in [6.45, 7) is 12.6. The Morgan fingerprint density at radius 1 is 1.16 bits per heavy atom. The highest BCUT2D eigenvalue weighted by Gasteiger charge is 2.20. The molecule has 2 rings (SSSR count). The van der Waals surface area contributed by atoms with E-state index in [0.29, 0.717) is 6.04 Å². The van der Waals surface area contributed by atoms with Gasteiger partial charge in [0.05, 0.1) is 0 Å². The fraction of sp³-hybridized carbons (Fsp3) is 0.562. The van der Waals surface area contributed by atoms with Gasteiger partial charge in [-0.3, -0.25) is 4.79 Å². The third-order valence-corrected chi connectivity index (χ3v) is 2.68. The minimum atomic E-state index is 0.143. The van der Waals surface area contributed by atoms with Crippen LogP contribution in [0.1, 0.15) is 45.0 Å². The Morgan fingerprint density at radius 2 is 1.74 bits per heavy atom. The van der Waals surface area contributed by atoms with Crippen LogP contribution in [-0.2, 0) is 0 Å². The third kappa shape index (κ3) is 5.88. The number of hydrogen-bond acceptors (Lipinski definition) is 2. The first-order chi connectivity index (χ1) is 9.27. The van der Waals surface area contributed by atoms with E-state index in [4.69, 9.17) is 0 Å². The number of carbonyl (C=O) groups excluding carboxylic acids is 1. The van der Waals surface area contributed by atoms with Crippen LogP contribution in [0.25, 0.3) is 0 Å². The van der Waals surface area contributed by atoms with Crippen molar-refractivity contribution in [2.75, 3.05) is 19.6 Å². The van der Waals surface area contributed by atoms with Crippen molar-refractivity contribution in [1.29, 1.82) is 0 Å². The molecular weight excluding hydrogens is 236 g/mol. The molecule has 1 aliphatic rings. The summed E-state index contributed by atoms with van der Waals surface area (Å²) in [6.07, 6.45) is 0. The number of piperazine rings is 1. The molecule has 0 spiro atoms. The van der Waals surface area contributed by atoms with Crippen molar-refractivity contribution < 1.29 is 4.79 Å². The van der Waals surface area contributed by atoms with E-state index < -0.39 is 0 Å². The van der Waals surface area contributed by atoms with E-state index in [1.54, 1.807) is 0 Å². The standard InChI is InChI=1S/C12H16N2O.2C2H6/c1-10-9-14(8-7-13-10)12(15)11-5-3-2-4-6-11;2*1-2/h2-6,10,13H,7-9H2,1H3;2*1-2H3. The summed E-state index contributed by atoms with van der Waals surface area (Å²) < 4.78 is 0. The lowest BCUT2D eigenvalue weighted by Gasteiger charge is -2.31. The van der Waals surface area contributed by atoms with Gasteiger partial charge in [0.15, 0.2) is 0 Å². The van der Waals surface area contributed by atoms with Crippen LogP contribution >= 0.6 is 0 Å². The van der Waals surface area contributed by atoms with Crippen LogP contribution in [0.2, 0.25) is 0 Å². The fourth-order valence-electron chi connectivity index (χ4n) is 1.88. The molecule has 1 saturated heterocycles. The number of nitrogens with one attached hydrogen (secondary N) is 1. The average Bonchev–Trinajstić information content (AvgIpc) is 2.51. The number of amides is 1. The van der Waals surface area contributed by atoms with Crippen molar-refractivity contribution >= 4 is 5.91 Å². The van der Waals surface area contributed by atoms with E-state index in [-0.39, 0.29) is 5.91 Å². The first-order valence-electron chi connectivity index (χ1n) is 7.35. The lowest BCUT2D eigenvalue weighted by molar-refractivity contribution is 0.0709. The molecule has 0 radical (unpaired) electrons. The van der Waals surface area contributed by atoms with Crippen LogP contribution in [0.15, 0.2) is 30.3 Å². The number of benzene rings is 1. The molecule has 0 aromatic heterocycles. The molecule has 3 heteroatoms. The first-order valence-corrected chi connectivity index (χ1v) is 7.35. The van der Waals surface area contributed by atoms with Crippen LogP contribution in [-0.4, -0.2) is 36.5 Å². The molecule has 108 valence electrons. The second kappa shape index (κ2) is 10.6. The maximum atomic E-state index is 12.0. The molecule has 0 bridgehead atoms. The van der Waals surface area contributed by atoms with E-state index in [2.05, 4.69) is 12.2 Å². The molecule has 1 aliphatic heterocycles. The molecule has 1 unspecified atom stereocenters. The van der Waals surface area contributed by atoms with Crippen molar-refractivity contribution in [1.82, 2.24) is 10.2 Å². The van der Waals surface area contributed by atoms with Gasteiger partial charge in [0.25, 0.3) is 5.91 Å². The molecule has 0 aliphatic carbocycles. The van der Waals surface area contributed by atoms with E-state index in [9.17, 15) is 4.79 Å². The first kappa shape index (κ1) is 17.6. The molecule has 19 heavy (non-hydrogen) atoms. The lowest BCUT2D eigenvalue weighted by Crippen LogP contribution is -2.51. The van der Waals surface area contributed by atoms with Crippen LogP contribution in [0.5, 0.6) is 0 Å². The normalized spacial score (nSPS) is 17.5. The SMILES string of the molecule is CC.CC.CC1CN(C(=O)c2ccccc2)CCN1. The van der Waals surface area contributed by atoms with Crippen LogP contribution in [0, 0.1) is 0 Å². The van der Waals surface area contributed by atoms with E-state index >= 15 is 0 Å². The van der Waals surface area contributed by atoms with Gasteiger partial charge in [-0.1, -0.05) is 45.9 Å². The Hall–Kier alpha value is -1.35. The summed E-state index contributed by atoms with van der Waals surface area (Å²) in [7, 11) is 0. The van der Waals surface area contributed by atoms with Gasteiger partial charge in [0.2, 0.25) is 0 Å². The van der Waals surface area contributed by atoms with Crippen LogP contribution in [0.3, 0.4) is 0 Å². The molecular formula is C16H28N2O. The van der Waals surface area contributed by atoms with Gasteiger partial charge >= 0.3 is 0 Å². The summed E-state index contributed by atoms with van der Waals surface area (Å²) in [5.41, 5.74) is 0.784. The maximum Gasteiger partial charge on any atom is 0.253 e. The summed E-state index contributed by atoms with van der Waals surface area (Å²) in [5.74, 6) is 0.143. The van der Waals surface area contributed by atoms with Gasteiger partial charge in [-0.05, 0) is 19.1 Å². The van der Waals surface area contributed by atoms with Gasteiger partial charge in [-0.2, -0.15) is 0 Å². The van der Waals surface area contributed by atoms with E-state index in [1.807, 2.05) is 62.9 Å². The second-order valence-corrected chi connectivity index (χ2v) is 3.97. The van der Waals surface area contributed by atoms with Crippen molar-refractivity contribution in [3.8, 4) is 0 Å².